The van der Waals surface area contributed by atoms with Crippen LogP contribution in [0.5, 0.6) is 0 Å². The number of nitrogens with zero attached hydrogens (tertiary/aromatic N) is 1. The molecule has 5 nitrogen and oxygen atoms in total. The summed E-state index contributed by atoms with van der Waals surface area (Å²) in [5.41, 5.74) is 0.913. The van der Waals surface area contributed by atoms with Crippen molar-refractivity contribution in [3.63, 3.8) is 0 Å². The van der Waals surface area contributed by atoms with E-state index in [2.05, 4.69) is 20.9 Å². The van der Waals surface area contributed by atoms with Crippen LogP contribution in [-0.4, -0.2) is 30.5 Å². The smallest absolute Gasteiger partial charge is 0.355 e. The van der Waals surface area contributed by atoms with E-state index in [9.17, 15) is 31.1 Å². The molecule has 210 valence electrons. The van der Waals surface area contributed by atoms with Crippen molar-refractivity contribution in [2.45, 2.75) is 25.7 Å². The monoisotopic (exact) mass is 560 g/mol. The number of nitrogens with one attached hydrogen (secondary N) is 3. The number of rotatable bonds is 9. The van der Waals surface area contributed by atoms with Crippen LogP contribution in [0, 0.1) is 6.92 Å². The molecule has 0 atom stereocenters. The molecule has 1 heterocycles. The van der Waals surface area contributed by atoms with Gasteiger partial charge in [-0.3, -0.25) is 9.78 Å². The van der Waals surface area contributed by atoms with Crippen LogP contribution < -0.4 is 16.0 Å². The predicted molar refractivity (Wildman–Crippen MR) is 142 cm³/mol. The first-order valence-electron chi connectivity index (χ1n) is 12.4. The summed E-state index contributed by atoms with van der Waals surface area (Å²) >= 11 is 0. The molecule has 0 aliphatic rings. The van der Waals surface area contributed by atoms with Gasteiger partial charge in [-0.2, -0.15) is 26.3 Å². The van der Waals surface area contributed by atoms with Gasteiger partial charge < -0.3 is 16.0 Å². The molecule has 0 aliphatic heterocycles. The minimum atomic E-state index is -4.88. The largest absolute Gasteiger partial charge is 0.416 e. The summed E-state index contributed by atoms with van der Waals surface area (Å²) in [5, 5.41) is 9.95. The van der Waals surface area contributed by atoms with E-state index in [-0.39, 0.29) is 43.6 Å². The van der Waals surface area contributed by atoms with Crippen LogP contribution in [-0.2, 0) is 18.8 Å². The summed E-state index contributed by atoms with van der Waals surface area (Å²) in [6, 6.07) is 18.1. The fourth-order valence-electron chi connectivity index (χ4n) is 4.19. The average Bonchev–Trinajstić information content (AvgIpc) is 2.89. The third-order valence-electron chi connectivity index (χ3n) is 6.07. The number of alkyl halides is 6. The summed E-state index contributed by atoms with van der Waals surface area (Å²) in [4.78, 5) is 17.2. The first-order chi connectivity index (χ1) is 18.9. The zero-order chi connectivity index (χ0) is 28.9. The molecule has 40 heavy (non-hydrogen) atoms. The molecule has 0 spiro atoms. The maximum Gasteiger partial charge on any atom is 0.416 e. The van der Waals surface area contributed by atoms with E-state index in [0.717, 1.165) is 34.4 Å². The van der Waals surface area contributed by atoms with Crippen LogP contribution >= 0.6 is 0 Å². The van der Waals surface area contributed by atoms with Crippen molar-refractivity contribution in [3.05, 3.63) is 101 Å². The number of hydrogen-bond acceptors (Lipinski definition) is 4. The zero-order valence-corrected chi connectivity index (χ0v) is 21.4. The van der Waals surface area contributed by atoms with Gasteiger partial charge in [0.1, 0.15) is 0 Å². The molecular formula is C29H26F6N4O. The first kappa shape index (κ1) is 28.9. The second kappa shape index (κ2) is 12.0. The van der Waals surface area contributed by atoms with E-state index >= 15 is 0 Å². The predicted octanol–water partition coefficient (Wildman–Crippen LogP) is 6.89. The van der Waals surface area contributed by atoms with Gasteiger partial charge in [0.15, 0.2) is 0 Å². The number of aryl methyl sites for hydroxylation is 1. The molecule has 0 fully saturated rings. The molecule has 1 amide bonds. The Bertz CT molecular complexity index is 1470. The molecule has 0 aliphatic carbocycles. The maximum atomic E-state index is 13.0. The highest BCUT2D eigenvalue weighted by Crippen LogP contribution is 2.36. The van der Waals surface area contributed by atoms with Crippen molar-refractivity contribution in [2.24, 2.45) is 0 Å². The Morgan fingerprint density at radius 2 is 1.50 bits per heavy atom. The van der Waals surface area contributed by atoms with Crippen LogP contribution in [0.1, 0.15) is 32.7 Å². The lowest BCUT2D eigenvalue weighted by Gasteiger charge is -2.14. The number of para-hydroxylation sites is 1. The molecule has 4 rings (SSSR count). The molecule has 0 saturated heterocycles. The molecule has 4 aromatic rings. The number of carbonyl (C=O) groups excluding carboxylic acids is 1. The van der Waals surface area contributed by atoms with Crippen LogP contribution in [0.3, 0.4) is 0 Å². The number of carbonyl (C=O) groups is 1. The SMILES string of the molecule is Cc1cc(Nc2cccc(C(=O)NCCNCCc3cc(C(F)(F)F)cc(C(F)(F)F)c3)c2)c2ccccc2n1. The van der Waals surface area contributed by atoms with Crippen LogP contribution in [0.25, 0.3) is 10.9 Å². The van der Waals surface area contributed by atoms with Gasteiger partial charge in [-0.1, -0.05) is 24.3 Å². The number of pyridine rings is 1. The first-order valence-corrected chi connectivity index (χ1v) is 12.4. The molecule has 3 N–H and O–H groups in total. The van der Waals surface area contributed by atoms with E-state index < -0.39 is 23.5 Å². The van der Waals surface area contributed by atoms with Crippen molar-refractivity contribution < 1.29 is 31.1 Å². The summed E-state index contributed by atoms with van der Waals surface area (Å²) in [6.07, 6.45) is -9.81. The van der Waals surface area contributed by atoms with Crippen molar-refractivity contribution in [1.82, 2.24) is 15.6 Å². The van der Waals surface area contributed by atoms with E-state index in [1.54, 1.807) is 18.2 Å². The molecule has 0 saturated carbocycles. The highest BCUT2D eigenvalue weighted by atomic mass is 19.4. The number of benzene rings is 3. The van der Waals surface area contributed by atoms with Crippen molar-refractivity contribution in [2.75, 3.05) is 25.0 Å². The highest BCUT2D eigenvalue weighted by Gasteiger charge is 2.36. The summed E-state index contributed by atoms with van der Waals surface area (Å²) in [5.74, 6) is -0.325. The lowest BCUT2D eigenvalue weighted by molar-refractivity contribution is -0.143. The van der Waals surface area contributed by atoms with Crippen molar-refractivity contribution in [1.29, 1.82) is 0 Å². The van der Waals surface area contributed by atoms with E-state index in [1.165, 1.54) is 0 Å². The Kier molecular flexibility index (Phi) is 8.63. The minimum Gasteiger partial charge on any atom is -0.355 e. The second-order valence-electron chi connectivity index (χ2n) is 9.20. The lowest BCUT2D eigenvalue weighted by Crippen LogP contribution is -2.32. The molecular weight excluding hydrogens is 534 g/mol. The normalized spacial score (nSPS) is 12.0. The number of aromatic nitrogens is 1. The molecule has 0 bridgehead atoms. The maximum absolute atomic E-state index is 13.0. The zero-order valence-electron chi connectivity index (χ0n) is 21.4. The number of halogens is 6. The fraction of sp³-hybridized carbons (Fsp3) is 0.241. The molecule has 0 unspecified atom stereocenters. The molecule has 3 aromatic carbocycles. The van der Waals surface area contributed by atoms with Gasteiger partial charge in [0.05, 0.1) is 16.6 Å². The molecule has 11 heteroatoms. The Morgan fingerprint density at radius 3 is 2.20 bits per heavy atom. The third-order valence-corrected chi connectivity index (χ3v) is 6.07. The Hall–Kier alpha value is -4.12. The van der Waals surface area contributed by atoms with E-state index in [4.69, 9.17) is 0 Å². The van der Waals surface area contributed by atoms with Crippen LogP contribution in [0.15, 0.2) is 72.8 Å². The minimum absolute atomic E-state index is 0.0438. The third kappa shape index (κ3) is 7.50. The Balaban J connectivity index is 1.29. The standard InChI is InChI=1S/C29H26F6N4O/c1-18-13-26(24-7-2-3-8-25(24)38-18)39-23-6-4-5-20(16-23)27(40)37-12-11-36-10-9-19-14-21(28(30,31)32)17-22(15-19)29(33,34)35/h2-8,13-17,36H,9-12H2,1H3,(H,37,40)(H,38,39). The van der Waals surface area contributed by atoms with E-state index in [0.29, 0.717) is 11.3 Å². The highest BCUT2D eigenvalue weighted by molar-refractivity contribution is 5.96. The summed E-state index contributed by atoms with van der Waals surface area (Å²) < 4.78 is 78.1. The second-order valence-corrected chi connectivity index (χ2v) is 9.20. The van der Waals surface area contributed by atoms with E-state index in [1.807, 2.05) is 43.3 Å². The fourth-order valence-corrected chi connectivity index (χ4v) is 4.19. The van der Waals surface area contributed by atoms with Gasteiger partial charge in [-0.05, 0) is 74.0 Å². The Labute approximate surface area is 226 Å². The van der Waals surface area contributed by atoms with Gasteiger partial charge in [-0.25, -0.2) is 0 Å². The number of fused-ring (bicyclic) bond motifs is 1. The number of hydrogen-bond donors (Lipinski definition) is 3. The van der Waals surface area contributed by atoms with Crippen molar-refractivity contribution in [3.8, 4) is 0 Å². The van der Waals surface area contributed by atoms with Gasteiger partial charge in [0.25, 0.3) is 5.91 Å². The van der Waals surface area contributed by atoms with Gasteiger partial charge in [0, 0.05) is 41.1 Å². The van der Waals surface area contributed by atoms with Crippen LogP contribution in [0.2, 0.25) is 0 Å². The number of amides is 1. The van der Waals surface area contributed by atoms with Gasteiger partial charge in [-0.15, -0.1) is 0 Å². The summed E-state index contributed by atoms with van der Waals surface area (Å²) in [6.45, 7) is 2.51. The lowest BCUT2D eigenvalue weighted by atomic mass is 10.0. The molecule has 0 radical (unpaired) electrons. The van der Waals surface area contributed by atoms with Gasteiger partial charge in [0.2, 0.25) is 0 Å². The quantitative estimate of drug-likeness (QED) is 0.154. The van der Waals surface area contributed by atoms with Crippen LogP contribution in [0.4, 0.5) is 37.7 Å². The topological polar surface area (TPSA) is 66.1 Å². The Morgan fingerprint density at radius 1 is 0.800 bits per heavy atom. The summed E-state index contributed by atoms with van der Waals surface area (Å²) in [7, 11) is 0. The van der Waals surface area contributed by atoms with Crippen molar-refractivity contribution >= 4 is 28.2 Å². The number of anilines is 2. The van der Waals surface area contributed by atoms with Gasteiger partial charge >= 0.3 is 12.4 Å². The average molecular weight is 561 g/mol. The molecule has 1 aromatic heterocycles.